The van der Waals surface area contributed by atoms with E-state index in [1.54, 1.807) is 17.5 Å². The fourth-order valence-corrected chi connectivity index (χ4v) is 4.75. The summed E-state index contributed by atoms with van der Waals surface area (Å²) in [7, 11) is 0. The van der Waals surface area contributed by atoms with Crippen molar-refractivity contribution in [2.24, 2.45) is 0 Å². The molecule has 3 aromatic rings. The number of fused-ring (bicyclic) bond motifs is 1. The second-order valence-electron chi connectivity index (χ2n) is 6.67. The van der Waals surface area contributed by atoms with E-state index >= 15 is 0 Å². The Labute approximate surface area is 174 Å². The third-order valence-electron chi connectivity index (χ3n) is 4.78. The Morgan fingerprint density at radius 2 is 2.10 bits per heavy atom. The molecule has 0 aromatic carbocycles. The minimum atomic E-state index is -0.510. The molecule has 5 heterocycles. The van der Waals surface area contributed by atoms with Crippen LogP contribution in [0.4, 0.5) is 16.4 Å². The number of thiophene rings is 2. The Hall–Kier alpha value is -2.53. The molecular weight excluding hydrogens is 412 g/mol. The summed E-state index contributed by atoms with van der Waals surface area (Å²) < 4.78 is 17.3. The van der Waals surface area contributed by atoms with Gasteiger partial charge in [0.15, 0.2) is 6.10 Å². The third-order valence-corrected chi connectivity index (χ3v) is 6.35. The van der Waals surface area contributed by atoms with Crippen LogP contribution in [0.15, 0.2) is 46.6 Å². The predicted octanol–water partition coefficient (Wildman–Crippen LogP) is 3.46. The van der Waals surface area contributed by atoms with Crippen molar-refractivity contribution in [2.75, 3.05) is 23.8 Å². The molecule has 3 aromatic heterocycles. The smallest absolute Gasteiger partial charge is 0.412 e. The van der Waals surface area contributed by atoms with Gasteiger partial charge in [0.2, 0.25) is 5.95 Å². The summed E-state index contributed by atoms with van der Waals surface area (Å²) in [6.45, 7) is 0.717. The molecule has 10 heteroatoms. The number of amides is 1. The van der Waals surface area contributed by atoms with Gasteiger partial charge in [-0.1, -0.05) is 6.07 Å². The van der Waals surface area contributed by atoms with E-state index in [4.69, 9.17) is 14.2 Å². The van der Waals surface area contributed by atoms with Gasteiger partial charge in [0.1, 0.15) is 12.2 Å². The highest BCUT2D eigenvalue weighted by atomic mass is 32.1. The molecular formula is C19H18N4O4S2. The van der Waals surface area contributed by atoms with E-state index in [9.17, 15) is 4.79 Å². The fraction of sp³-hybridized carbons (Fsp3) is 0.316. The van der Waals surface area contributed by atoms with Crippen LogP contribution < -0.4 is 10.6 Å². The van der Waals surface area contributed by atoms with Gasteiger partial charge in [-0.3, -0.25) is 5.32 Å². The minimum Gasteiger partial charge on any atom is -0.441 e. The summed E-state index contributed by atoms with van der Waals surface area (Å²) in [5.41, 5.74) is 1.58. The van der Waals surface area contributed by atoms with Gasteiger partial charge in [-0.15, -0.1) is 11.3 Å². The van der Waals surface area contributed by atoms with E-state index in [-0.39, 0.29) is 18.2 Å². The molecule has 2 N–H and O–H groups in total. The van der Waals surface area contributed by atoms with Crippen LogP contribution in [0.1, 0.15) is 0 Å². The van der Waals surface area contributed by atoms with E-state index in [1.807, 2.05) is 40.4 Å². The van der Waals surface area contributed by atoms with Crippen molar-refractivity contribution in [3.8, 4) is 10.6 Å². The van der Waals surface area contributed by atoms with Crippen LogP contribution in [0.25, 0.3) is 10.6 Å². The Kier molecular flexibility index (Phi) is 5.15. The zero-order valence-electron chi connectivity index (χ0n) is 15.2. The lowest BCUT2D eigenvalue weighted by Gasteiger charge is -2.18. The van der Waals surface area contributed by atoms with E-state index in [0.29, 0.717) is 24.8 Å². The molecule has 0 aliphatic carbocycles. The van der Waals surface area contributed by atoms with Crippen molar-refractivity contribution < 1.29 is 19.0 Å². The van der Waals surface area contributed by atoms with Crippen molar-refractivity contribution >= 4 is 40.4 Å². The van der Waals surface area contributed by atoms with Gasteiger partial charge < -0.3 is 19.5 Å². The van der Waals surface area contributed by atoms with Gasteiger partial charge >= 0.3 is 6.09 Å². The maximum atomic E-state index is 12.1. The number of hydrogen-bond donors (Lipinski definition) is 2. The van der Waals surface area contributed by atoms with Crippen LogP contribution in [0, 0.1) is 0 Å². The number of rotatable bonds is 5. The molecule has 8 nitrogen and oxygen atoms in total. The Balaban J connectivity index is 1.20. The highest BCUT2D eigenvalue weighted by molar-refractivity contribution is 7.13. The van der Waals surface area contributed by atoms with Gasteiger partial charge in [0, 0.05) is 11.6 Å². The molecule has 0 bridgehead atoms. The molecule has 0 spiro atoms. The van der Waals surface area contributed by atoms with Crippen LogP contribution in [0.3, 0.4) is 0 Å². The number of nitrogens with one attached hydrogen (secondary N) is 2. The maximum Gasteiger partial charge on any atom is 0.412 e. The topological polar surface area (TPSA) is 94.6 Å². The summed E-state index contributed by atoms with van der Waals surface area (Å²) in [4.78, 5) is 22.1. The molecule has 4 atom stereocenters. The molecule has 2 aliphatic heterocycles. The lowest BCUT2D eigenvalue weighted by molar-refractivity contribution is 0.00917. The first-order chi connectivity index (χ1) is 14.3. The van der Waals surface area contributed by atoms with Crippen LogP contribution >= 0.6 is 22.7 Å². The van der Waals surface area contributed by atoms with Gasteiger partial charge in [0.25, 0.3) is 0 Å². The van der Waals surface area contributed by atoms with E-state index in [1.165, 1.54) is 11.3 Å². The first-order valence-electron chi connectivity index (χ1n) is 9.13. The molecule has 0 unspecified atom stereocenters. The van der Waals surface area contributed by atoms with Gasteiger partial charge in [-0.2, -0.15) is 11.3 Å². The molecule has 1 amide bonds. The van der Waals surface area contributed by atoms with Crippen molar-refractivity contribution in [1.29, 1.82) is 0 Å². The summed E-state index contributed by atoms with van der Waals surface area (Å²) >= 11 is 3.13. The monoisotopic (exact) mass is 430 g/mol. The SMILES string of the molecule is O=C(Nc1ccsc1)O[C@@H]1CO[C@H]2[C@@H]1OC[C@@H]2Nc1nccc(-c2cccs2)n1. The molecule has 150 valence electrons. The van der Waals surface area contributed by atoms with Crippen molar-refractivity contribution in [3.63, 3.8) is 0 Å². The number of nitrogens with zero attached hydrogens (tertiary/aromatic N) is 2. The van der Waals surface area contributed by atoms with Crippen LogP contribution in [-0.4, -0.2) is 53.6 Å². The average Bonchev–Trinajstić information content (AvgIpc) is 3.50. The van der Waals surface area contributed by atoms with Crippen molar-refractivity contribution in [1.82, 2.24) is 9.97 Å². The van der Waals surface area contributed by atoms with Crippen LogP contribution in [0.2, 0.25) is 0 Å². The zero-order chi connectivity index (χ0) is 19.6. The van der Waals surface area contributed by atoms with Gasteiger partial charge in [-0.25, -0.2) is 14.8 Å². The second-order valence-corrected chi connectivity index (χ2v) is 8.40. The summed E-state index contributed by atoms with van der Waals surface area (Å²) in [5.74, 6) is 0.522. The average molecular weight is 431 g/mol. The van der Waals surface area contributed by atoms with E-state index in [2.05, 4.69) is 20.6 Å². The number of carbonyl (C=O) groups is 1. The Morgan fingerprint density at radius 3 is 2.93 bits per heavy atom. The molecule has 5 rings (SSSR count). The minimum absolute atomic E-state index is 0.118. The first kappa shape index (κ1) is 18.5. The largest absolute Gasteiger partial charge is 0.441 e. The Bertz CT molecular complexity index is 967. The van der Waals surface area contributed by atoms with Crippen LogP contribution in [0.5, 0.6) is 0 Å². The van der Waals surface area contributed by atoms with Crippen molar-refractivity contribution in [3.05, 3.63) is 46.6 Å². The third kappa shape index (κ3) is 3.97. The lowest BCUT2D eigenvalue weighted by Crippen LogP contribution is -2.38. The number of carbonyl (C=O) groups excluding carboxylic acids is 1. The van der Waals surface area contributed by atoms with Crippen LogP contribution in [-0.2, 0) is 14.2 Å². The number of aromatic nitrogens is 2. The van der Waals surface area contributed by atoms with Gasteiger partial charge in [-0.05, 0) is 29.0 Å². The first-order valence-corrected chi connectivity index (χ1v) is 10.9. The second kappa shape index (κ2) is 8.07. The number of anilines is 2. The van der Waals surface area contributed by atoms with E-state index in [0.717, 1.165) is 10.6 Å². The quantitative estimate of drug-likeness (QED) is 0.640. The highest BCUT2D eigenvalue weighted by Gasteiger charge is 2.49. The molecule has 2 aliphatic rings. The maximum absolute atomic E-state index is 12.1. The standard InChI is InChI=1S/C19H18N4O4S2/c24-19(21-11-4-7-28-10-11)27-14-9-26-16-13(8-25-17(14)16)23-18-20-5-3-12(22-18)15-2-1-6-29-15/h1-7,10,13-14,16-17H,8-9H2,(H,21,24)(H,20,22,23)/t13-,14+,16+,17+/m0/s1. The molecule has 2 fully saturated rings. The molecule has 2 saturated heterocycles. The summed E-state index contributed by atoms with van der Waals surface area (Å²) in [6, 6.07) is 7.59. The zero-order valence-corrected chi connectivity index (χ0v) is 16.8. The van der Waals surface area contributed by atoms with Crippen molar-refractivity contribution in [2.45, 2.75) is 24.4 Å². The summed E-state index contributed by atoms with van der Waals surface area (Å²) in [5, 5.41) is 11.7. The Morgan fingerprint density at radius 1 is 1.17 bits per heavy atom. The molecule has 29 heavy (non-hydrogen) atoms. The predicted molar refractivity (Wildman–Crippen MR) is 110 cm³/mol. The molecule has 0 saturated carbocycles. The van der Waals surface area contributed by atoms with Gasteiger partial charge in [0.05, 0.1) is 35.5 Å². The normalized spacial score (nSPS) is 25.5. The van der Waals surface area contributed by atoms with E-state index < -0.39 is 12.2 Å². The molecule has 0 radical (unpaired) electrons. The number of hydrogen-bond acceptors (Lipinski definition) is 9. The number of ether oxygens (including phenoxy) is 3. The summed E-state index contributed by atoms with van der Waals surface area (Å²) in [6.07, 6.45) is 0.214. The highest BCUT2D eigenvalue weighted by Crippen LogP contribution is 2.31. The fourth-order valence-electron chi connectivity index (χ4n) is 3.46. The lowest BCUT2D eigenvalue weighted by atomic mass is 10.1.